The zero-order valence-corrected chi connectivity index (χ0v) is 8.59. The van der Waals surface area contributed by atoms with Gasteiger partial charge in [0.05, 0.1) is 0 Å². The van der Waals surface area contributed by atoms with Gasteiger partial charge in [0.1, 0.15) is 0 Å². The summed E-state index contributed by atoms with van der Waals surface area (Å²) in [7, 11) is 3.31. The minimum absolute atomic E-state index is 0.121. The van der Waals surface area contributed by atoms with Crippen molar-refractivity contribution in [2.24, 2.45) is 0 Å². The highest BCUT2D eigenvalue weighted by atomic mass is 16.7. The molecule has 0 fully saturated rings. The second kappa shape index (κ2) is 7.53. The molecule has 0 aromatic heterocycles. The van der Waals surface area contributed by atoms with Gasteiger partial charge in [0.15, 0.2) is 6.29 Å². The monoisotopic (exact) mass is 175 g/mol. The molecule has 0 aliphatic rings. The molecule has 0 heterocycles. The Morgan fingerprint density at radius 3 is 2.25 bits per heavy atom. The van der Waals surface area contributed by atoms with E-state index in [1.807, 2.05) is 0 Å². The molecule has 0 aliphatic heterocycles. The Hall–Kier alpha value is -0.120. The van der Waals surface area contributed by atoms with E-state index in [0.29, 0.717) is 6.04 Å². The van der Waals surface area contributed by atoms with Gasteiger partial charge < -0.3 is 14.8 Å². The normalized spacial score (nSPS) is 13.8. The summed E-state index contributed by atoms with van der Waals surface area (Å²) in [4.78, 5) is 0. The molecule has 0 aromatic rings. The highest BCUT2D eigenvalue weighted by Crippen LogP contribution is 1.96. The molecule has 0 aliphatic carbocycles. The molecule has 0 saturated carbocycles. The van der Waals surface area contributed by atoms with Gasteiger partial charge in [0.25, 0.3) is 0 Å². The van der Waals surface area contributed by atoms with Crippen molar-refractivity contribution in [3.8, 4) is 0 Å². The Balaban J connectivity index is 3.37. The van der Waals surface area contributed by atoms with E-state index in [9.17, 15) is 0 Å². The average Bonchev–Trinajstić information content (AvgIpc) is 2.07. The van der Waals surface area contributed by atoms with Crippen LogP contribution in [0.5, 0.6) is 0 Å². The zero-order chi connectivity index (χ0) is 9.40. The first-order chi connectivity index (χ1) is 5.74. The van der Waals surface area contributed by atoms with E-state index in [0.717, 1.165) is 6.54 Å². The maximum atomic E-state index is 5.04. The first kappa shape index (κ1) is 11.9. The third kappa shape index (κ3) is 5.52. The van der Waals surface area contributed by atoms with Crippen LogP contribution in [0, 0.1) is 0 Å². The second-order valence-corrected chi connectivity index (χ2v) is 3.00. The lowest BCUT2D eigenvalue weighted by Gasteiger charge is -2.17. The highest BCUT2D eigenvalue weighted by molar-refractivity contribution is 4.60. The van der Waals surface area contributed by atoms with Gasteiger partial charge >= 0.3 is 0 Å². The van der Waals surface area contributed by atoms with Crippen LogP contribution >= 0.6 is 0 Å². The molecule has 0 aromatic carbocycles. The number of rotatable bonds is 7. The fourth-order valence-electron chi connectivity index (χ4n) is 1.10. The van der Waals surface area contributed by atoms with Gasteiger partial charge in [-0.2, -0.15) is 0 Å². The molecule has 1 N–H and O–H groups in total. The number of ether oxygens (including phenoxy) is 2. The van der Waals surface area contributed by atoms with Gasteiger partial charge in [-0.05, 0) is 13.3 Å². The van der Waals surface area contributed by atoms with Crippen LogP contribution in [0.1, 0.15) is 26.7 Å². The van der Waals surface area contributed by atoms with Crippen molar-refractivity contribution in [2.45, 2.75) is 39.0 Å². The Bertz CT molecular complexity index is 94.5. The van der Waals surface area contributed by atoms with E-state index in [-0.39, 0.29) is 6.29 Å². The van der Waals surface area contributed by atoms with Crippen LogP contribution in [-0.2, 0) is 9.47 Å². The predicted octanol–water partition coefficient (Wildman–Crippen LogP) is 1.38. The summed E-state index contributed by atoms with van der Waals surface area (Å²) >= 11 is 0. The van der Waals surface area contributed by atoms with Crippen LogP contribution in [0.2, 0.25) is 0 Å². The number of methoxy groups -OCH3 is 2. The van der Waals surface area contributed by atoms with Gasteiger partial charge in [-0.15, -0.1) is 0 Å². The molecule has 0 amide bonds. The van der Waals surface area contributed by atoms with E-state index >= 15 is 0 Å². The third-order valence-corrected chi connectivity index (χ3v) is 1.88. The predicted molar refractivity (Wildman–Crippen MR) is 50.2 cm³/mol. The first-order valence-electron chi connectivity index (χ1n) is 4.53. The van der Waals surface area contributed by atoms with Crippen LogP contribution in [0.25, 0.3) is 0 Å². The summed E-state index contributed by atoms with van der Waals surface area (Å²) < 4.78 is 10.1. The number of hydrogen-bond acceptors (Lipinski definition) is 3. The Labute approximate surface area is 75.4 Å². The molecule has 0 rings (SSSR count). The SMILES string of the molecule is CCCC(C)NCC(OC)OC. The van der Waals surface area contributed by atoms with Crippen molar-refractivity contribution in [3.05, 3.63) is 0 Å². The Morgan fingerprint density at radius 1 is 1.25 bits per heavy atom. The minimum atomic E-state index is -0.121. The lowest BCUT2D eigenvalue weighted by Crippen LogP contribution is -2.35. The van der Waals surface area contributed by atoms with Gasteiger partial charge in [-0.1, -0.05) is 13.3 Å². The molecule has 0 spiro atoms. The summed E-state index contributed by atoms with van der Waals surface area (Å²) in [5.74, 6) is 0. The first-order valence-corrected chi connectivity index (χ1v) is 4.53. The van der Waals surface area contributed by atoms with Gasteiger partial charge in [0.2, 0.25) is 0 Å². The van der Waals surface area contributed by atoms with Crippen molar-refractivity contribution in [1.82, 2.24) is 5.32 Å². The Kier molecular flexibility index (Phi) is 7.45. The fraction of sp³-hybridized carbons (Fsp3) is 1.00. The lowest BCUT2D eigenvalue weighted by atomic mass is 10.2. The number of hydrogen-bond donors (Lipinski definition) is 1. The summed E-state index contributed by atoms with van der Waals surface area (Å²) in [6.45, 7) is 5.11. The van der Waals surface area contributed by atoms with Crippen LogP contribution in [0.15, 0.2) is 0 Å². The zero-order valence-electron chi connectivity index (χ0n) is 8.59. The maximum absolute atomic E-state index is 5.04. The van der Waals surface area contributed by atoms with Gasteiger partial charge in [-0.25, -0.2) is 0 Å². The summed E-state index contributed by atoms with van der Waals surface area (Å²) in [6, 6.07) is 0.544. The topological polar surface area (TPSA) is 30.5 Å². The lowest BCUT2D eigenvalue weighted by molar-refractivity contribution is -0.0997. The summed E-state index contributed by atoms with van der Waals surface area (Å²) in [6.07, 6.45) is 2.28. The van der Waals surface area contributed by atoms with E-state index in [4.69, 9.17) is 9.47 Å². The molecule has 74 valence electrons. The molecular weight excluding hydrogens is 154 g/mol. The van der Waals surface area contributed by atoms with E-state index in [1.165, 1.54) is 12.8 Å². The molecule has 1 unspecified atom stereocenters. The van der Waals surface area contributed by atoms with E-state index in [1.54, 1.807) is 14.2 Å². The van der Waals surface area contributed by atoms with Gasteiger partial charge in [-0.3, -0.25) is 0 Å². The maximum Gasteiger partial charge on any atom is 0.169 e. The van der Waals surface area contributed by atoms with Crippen molar-refractivity contribution in [1.29, 1.82) is 0 Å². The summed E-state index contributed by atoms with van der Waals surface area (Å²) in [5, 5.41) is 3.34. The second-order valence-electron chi connectivity index (χ2n) is 3.00. The minimum Gasteiger partial charge on any atom is -0.355 e. The molecule has 12 heavy (non-hydrogen) atoms. The highest BCUT2D eigenvalue weighted by Gasteiger charge is 2.06. The Morgan fingerprint density at radius 2 is 1.83 bits per heavy atom. The van der Waals surface area contributed by atoms with Crippen molar-refractivity contribution < 1.29 is 9.47 Å². The largest absolute Gasteiger partial charge is 0.355 e. The van der Waals surface area contributed by atoms with E-state index in [2.05, 4.69) is 19.2 Å². The quantitative estimate of drug-likeness (QED) is 0.593. The van der Waals surface area contributed by atoms with E-state index < -0.39 is 0 Å². The van der Waals surface area contributed by atoms with Crippen molar-refractivity contribution >= 4 is 0 Å². The average molecular weight is 175 g/mol. The fourth-order valence-corrected chi connectivity index (χ4v) is 1.10. The molecule has 1 atom stereocenters. The van der Waals surface area contributed by atoms with Crippen LogP contribution < -0.4 is 5.32 Å². The van der Waals surface area contributed by atoms with Crippen molar-refractivity contribution in [3.63, 3.8) is 0 Å². The molecule has 0 radical (unpaired) electrons. The standard InChI is InChI=1S/C9H21NO2/c1-5-6-8(2)10-7-9(11-3)12-4/h8-10H,5-7H2,1-4H3. The van der Waals surface area contributed by atoms with Crippen molar-refractivity contribution in [2.75, 3.05) is 20.8 Å². The molecule has 0 saturated heterocycles. The molecule has 3 nitrogen and oxygen atoms in total. The molecule has 0 bridgehead atoms. The smallest absolute Gasteiger partial charge is 0.169 e. The number of nitrogens with one attached hydrogen (secondary N) is 1. The van der Waals surface area contributed by atoms with Gasteiger partial charge in [0, 0.05) is 26.8 Å². The van der Waals surface area contributed by atoms with Crippen LogP contribution in [0.3, 0.4) is 0 Å². The van der Waals surface area contributed by atoms with Crippen LogP contribution in [0.4, 0.5) is 0 Å². The third-order valence-electron chi connectivity index (χ3n) is 1.88. The molecular formula is C9H21NO2. The summed E-state index contributed by atoms with van der Waals surface area (Å²) in [5.41, 5.74) is 0. The van der Waals surface area contributed by atoms with Crippen LogP contribution in [-0.4, -0.2) is 33.1 Å². The molecule has 3 heteroatoms.